The maximum Gasteiger partial charge on any atom is 0.169 e. The van der Waals surface area contributed by atoms with Crippen molar-refractivity contribution >= 4 is 11.2 Å². The summed E-state index contributed by atoms with van der Waals surface area (Å²) in [7, 11) is 4.29. The highest BCUT2D eigenvalue weighted by Gasteiger charge is 2.19. The molecule has 0 aromatic carbocycles. The molecule has 2 aromatic rings. The number of hydrogen-bond acceptors (Lipinski definition) is 3. The molecular weight excluding hydrogens is 250 g/mol. The molecule has 1 aliphatic carbocycles. The van der Waals surface area contributed by atoms with Crippen molar-refractivity contribution in [1.29, 1.82) is 0 Å². The molecule has 0 saturated heterocycles. The third-order valence-electron chi connectivity index (χ3n) is 3.41. The van der Waals surface area contributed by atoms with E-state index in [4.69, 9.17) is 9.15 Å². The van der Waals surface area contributed by atoms with Crippen molar-refractivity contribution in [1.82, 2.24) is 4.90 Å². The summed E-state index contributed by atoms with van der Waals surface area (Å²) in [6.45, 7) is 5.36. The van der Waals surface area contributed by atoms with Crippen LogP contribution in [-0.4, -0.2) is 32.1 Å². The summed E-state index contributed by atoms with van der Waals surface area (Å²) >= 11 is 0. The molecule has 0 radical (unpaired) electrons. The molecule has 2 bridgehead atoms. The van der Waals surface area contributed by atoms with Gasteiger partial charge in [-0.15, -0.1) is 0 Å². The van der Waals surface area contributed by atoms with Gasteiger partial charge in [0, 0.05) is 6.07 Å². The van der Waals surface area contributed by atoms with E-state index in [-0.39, 0.29) is 0 Å². The Morgan fingerprint density at radius 2 is 2.20 bits per heavy atom. The lowest BCUT2D eigenvalue weighted by molar-refractivity contribution is 0.365. The molecule has 0 aliphatic heterocycles. The van der Waals surface area contributed by atoms with E-state index in [0.29, 0.717) is 6.61 Å². The van der Waals surface area contributed by atoms with E-state index in [1.807, 2.05) is 18.2 Å². The van der Waals surface area contributed by atoms with E-state index in [2.05, 4.69) is 25.6 Å². The lowest BCUT2D eigenvalue weighted by atomic mass is 10.2. The molecule has 0 amide bonds. The van der Waals surface area contributed by atoms with Crippen LogP contribution in [0.4, 0.5) is 0 Å². The predicted octanol–water partition coefficient (Wildman–Crippen LogP) is 4.17. The van der Waals surface area contributed by atoms with E-state index in [9.17, 15) is 0 Å². The van der Waals surface area contributed by atoms with Gasteiger partial charge >= 0.3 is 0 Å². The van der Waals surface area contributed by atoms with Gasteiger partial charge in [-0.3, -0.25) is 0 Å². The van der Waals surface area contributed by atoms with E-state index in [0.717, 1.165) is 22.8 Å². The van der Waals surface area contributed by atoms with Gasteiger partial charge in [-0.05, 0) is 51.5 Å². The normalized spacial score (nSPS) is 14.3. The summed E-state index contributed by atoms with van der Waals surface area (Å²) in [6, 6.07) is 5.68. The van der Waals surface area contributed by atoms with Gasteiger partial charge in [0.05, 0.1) is 0 Å². The van der Waals surface area contributed by atoms with Crippen LogP contribution in [0.2, 0.25) is 0 Å². The van der Waals surface area contributed by atoms with Gasteiger partial charge in [-0.25, -0.2) is 0 Å². The maximum absolute atomic E-state index is 5.29. The second kappa shape index (κ2) is 7.34. The molecule has 2 heterocycles. The van der Waals surface area contributed by atoms with E-state index in [1.54, 1.807) is 6.08 Å². The van der Waals surface area contributed by atoms with Crippen LogP contribution >= 0.6 is 0 Å². The van der Waals surface area contributed by atoms with E-state index in [1.165, 1.54) is 32.2 Å². The number of furan rings is 2. The fourth-order valence-corrected chi connectivity index (χ4v) is 2.13. The summed E-state index contributed by atoms with van der Waals surface area (Å²) in [4.78, 5) is 2.27. The number of nitrogens with zero attached hydrogens (tertiary/aromatic N) is 1. The van der Waals surface area contributed by atoms with Crippen LogP contribution in [0.25, 0.3) is 11.2 Å². The van der Waals surface area contributed by atoms with Gasteiger partial charge in [0.1, 0.15) is 12.2 Å². The van der Waals surface area contributed by atoms with Crippen molar-refractivity contribution in [2.24, 2.45) is 5.92 Å². The monoisotopic (exact) mass is 275 g/mol. The fourth-order valence-electron chi connectivity index (χ4n) is 2.13. The van der Waals surface area contributed by atoms with Gasteiger partial charge in [-0.1, -0.05) is 25.5 Å². The fraction of sp³-hybridized carbons (Fsp3) is 0.529. The minimum absolute atomic E-state index is 0.528. The molecule has 3 nitrogen and oxygen atoms in total. The molecular formula is C17H25NO2. The van der Waals surface area contributed by atoms with Crippen LogP contribution in [-0.2, 0) is 0 Å². The largest absolute Gasteiger partial charge is 0.485 e. The first-order valence-corrected chi connectivity index (χ1v) is 7.39. The van der Waals surface area contributed by atoms with Crippen molar-refractivity contribution < 1.29 is 9.15 Å². The first kappa shape index (κ1) is 14.9. The standard InChI is InChI=1S/C9H8O2.C8H17N/c1-2-5-10-9-6-7-3-4-8(9)11-7;1-9(2)7-3-4-8-5-6-8/h2-4,6H,1,5H2;8H,3-7H2,1-2H3. The molecule has 20 heavy (non-hydrogen) atoms. The number of benzene rings is 1. The highest BCUT2D eigenvalue weighted by molar-refractivity contribution is 5.69. The van der Waals surface area contributed by atoms with Gasteiger partial charge < -0.3 is 14.1 Å². The van der Waals surface area contributed by atoms with Crippen LogP contribution in [0.15, 0.2) is 35.3 Å². The summed E-state index contributed by atoms with van der Waals surface area (Å²) in [5, 5.41) is 0. The zero-order chi connectivity index (χ0) is 14.4. The average Bonchev–Trinajstić information content (AvgIpc) is 3.01. The molecule has 3 heteroatoms. The minimum Gasteiger partial charge on any atom is -0.485 e. The van der Waals surface area contributed by atoms with Crippen LogP contribution in [0, 0.1) is 5.92 Å². The lowest BCUT2D eigenvalue weighted by Crippen LogP contribution is -2.12. The number of ether oxygens (including phenoxy) is 1. The molecule has 0 unspecified atom stereocenters. The molecule has 0 N–H and O–H groups in total. The van der Waals surface area contributed by atoms with Gasteiger partial charge in [0.15, 0.2) is 11.3 Å². The quantitative estimate of drug-likeness (QED) is 0.709. The van der Waals surface area contributed by atoms with Crippen LogP contribution < -0.4 is 4.74 Å². The highest BCUT2D eigenvalue weighted by atomic mass is 16.5. The van der Waals surface area contributed by atoms with Crippen molar-refractivity contribution in [2.45, 2.75) is 25.7 Å². The summed E-state index contributed by atoms with van der Waals surface area (Å²) in [5.74, 6) is 1.92. The molecule has 110 valence electrons. The van der Waals surface area contributed by atoms with Gasteiger partial charge in [0.2, 0.25) is 0 Å². The first-order valence-electron chi connectivity index (χ1n) is 7.39. The van der Waals surface area contributed by atoms with Gasteiger partial charge in [0.25, 0.3) is 0 Å². The number of fused-ring (bicyclic) bond motifs is 2. The Hall–Kier alpha value is -1.48. The third kappa shape index (κ3) is 4.89. The molecule has 2 aromatic heterocycles. The Bertz CT molecular complexity index is 497. The second-order valence-corrected chi connectivity index (χ2v) is 5.70. The topological polar surface area (TPSA) is 25.6 Å². The van der Waals surface area contributed by atoms with Crippen LogP contribution in [0.5, 0.6) is 5.75 Å². The van der Waals surface area contributed by atoms with E-state index < -0.39 is 0 Å². The van der Waals surface area contributed by atoms with E-state index >= 15 is 0 Å². The molecule has 3 rings (SSSR count). The Morgan fingerprint density at radius 3 is 2.70 bits per heavy atom. The summed E-state index contributed by atoms with van der Waals surface area (Å²) < 4.78 is 10.5. The lowest BCUT2D eigenvalue weighted by Gasteiger charge is -2.07. The second-order valence-electron chi connectivity index (χ2n) is 5.70. The third-order valence-corrected chi connectivity index (χ3v) is 3.41. The van der Waals surface area contributed by atoms with Crippen molar-refractivity contribution in [3.8, 4) is 5.75 Å². The van der Waals surface area contributed by atoms with Crippen LogP contribution in [0.3, 0.4) is 0 Å². The Labute approximate surface area is 121 Å². The minimum atomic E-state index is 0.528. The number of rotatable bonds is 7. The SMILES string of the molecule is C=CCOc1cc2ccc1o2.CN(C)CCCC1CC1. The highest BCUT2D eigenvalue weighted by Crippen LogP contribution is 2.33. The molecule has 0 spiro atoms. The predicted molar refractivity (Wildman–Crippen MR) is 83.6 cm³/mol. The van der Waals surface area contributed by atoms with Crippen molar-refractivity contribution in [3.05, 3.63) is 30.9 Å². The summed E-state index contributed by atoms with van der Waals surface area (Å²) in [6.07, 6.45) is 7.60. The molecule has 1 aliphatic rings. The maximum atomic E-state index is 5.29. The van der Waals surface area contributed by atoms with Gasteiger partial charge in [-0.2, -0.15) is 0 Å². The number of hydrogen-bond donors (Lipinski definition) is 0. The molecule has 1 saturated carbocycles. The van der Waals surface area contributed by atoms with Crippen molar-refractivity contribution in [2.75, 3.05) is 27.2 Å². The summed E-state index contributed by atoms with van der Waals surface area (Å²) in [5.41, 5.74) is 1.67. The Morgan fingerprint density at radius 1 is 1.40 bits per heavy atom. The smallest absolute Gasteiger partial charge is 0.169 e. The zero-order valence-electron chi connectivity index (χ0n) is 12.6. The van der Waals surface area contributed by atoms with Crippen molar-refractivity contribution in [3.63, 3.8) is 0 Å². The first-order chi connectivity index (χ1) is 9.69. The molecule has 1 fully saturated rings. The molecule has 0 atom stereocenters. The van der Waals surface area contributed by atoms with Crippen LogP contribution in [0.1, 0.15) is 25.7 Å². The zero-order valence-corrected chi connectivity index (χ0v) is 12.6. The Kier molecular flexibility index (Phi) is 5.48. The average molecular weight is 275 g/mol. The Balaban J connectivity index is 0.000000151.